The Labute approximate surface area is 139 Å². The smallest absolute Gasteiger partial charge is 0.262 e. The van der Waals surface area contributed by atoms with Gasteiger partial charge in [-0.3, -0.25) is 14.2 Å². The molecule has 0 aliphatic heterocycles. The summed E-state index contributed by atoms with van der Waals surface area (Å²) in [6, 6.07) is 0. The summed E-state index contributed by atoms with van der Waals surface area (Å²) in [4.78, 5) is 31.1. The van der Waals surface area contributed by atoms with Crippen molar-refractivity contribution in [1.82, 2.24) is 9.55 Å². The van der Waals surface area contributed by atoms with Crippen molar-refractivity contribution in [3.8, 4) is 0 Å². The van der Waals surface area contributed by atoms with Crippen LogP contribution in [0.1, 0.15) is 61.7 Å². The van der Waals surface area contributed by atoms with Crippen LogP contribution in [-0.2, 0) is 24.2 Å². The maximum Gasteiger partial charge on any atom is 0.262 e. The first-order valence-corrected chi connectivity index (χ1v) is 9.14. The molecule has 124 valence electrons. The molecule has 2 heterocycles. The van der Waals surface area contributed by atoms with Gasteiger partial charge in [0.25, 0.3) is 5.56 Å². The minimum absolute atomic E-state index is 0.0579. The van der Waals surface area contributed by atoms with Gasteiger partial charge in [-0.1, -0.05) is 13.8 Å². The number of aryl methyl sites for hydroxylation is 2. The normalized spacial score (nSPS) is 14.4. The highest BCUT2D eigenvalue weighted by Gasteiger charge is 2.22. The molecule has 23 heavy (non-hydrogen) atoms. The van der Waals surface area contributed by atoms with Gasteiger partial charge >= 0.3 is 0 Å². The lowest BCUT2D eigenvalue weighted by atomic mass is 9.97. The molecule has 1 aliphatic carbocycles. The van der Waals surface area contributed by atoms with Crippen LogP contribution < -0.4 is 11.3 Å². The molecule has 1 amide bonds. The Kier molecular flexibility index (Phi) is 4.53. The summed E-state index contributed by atoms with van der Waals surface area (Å²) in [5, 5.41) is 0.813. The highest BCUT2D eigenvalue weighted by atomic mass is 32.1. The van der Waals surface area contributed by atoms with Crippen molar-refractivity contribution in [2.45, 2.75) is 64.8 Å². The number of nitrogens with two attached hydrogens (primary N) is 1. The van der Waals surface area contributed by atoms with Crippen LogP contribution in [0.2, 0.25) is 0 Å². The molecule has 0 bridgehead atoms. The monoisotopic (exact) mass is 333 g/mol. The van der Waals surface area contributed by atoms with Crippen LogP contribution in [0.15, 0.2) is 4.79 Å². The molecule has 2 N–H and O–H groups in total. The molecular formula is C17H23N3O2S. The Hall–Kier alpha value is -1.69. The standard InChI is InChI=1S/C17H23N3O2S/c1-10(2)15-19-16-14(11-6-3-4-7-12(11)23-16)17(22)20(15)9-5-8-13(18)21/h10H,3-9H2,1-2H3,(H2,18,21). The molecule has 0 saturated carbocycles. The van der Waals surface area contributed by atoms with Gasteiger partial charge in [-0.2, -0.15) is 0 Å². The van der Waals surface area contributed by atoms with E-state index < -0.39 is 0 Å². The van der Waals surface area contributed by atoms with Crippen molar-refractivity contribution in [3.05, 3.63) is 26.6 Å². The van der Waals surface area contributed by atoms with Crippen LogP contribution in [0.3, 0.4) is 0 Å². The molecular weight excluding hydrogens is 310 g/mol. The van der Waals surface area contributed by atoms with Gasteiger partial charge in [0.1, 0.15) is 10.7 Å². The maximum absolute atomic E-state index is 13.1. The second kappa shape index (κ2) is 6.43. The molecule has 0 fully saturated rings. The number of hydrogen-bond donors (Lipinski definition) is 1. The average molecular weight is 333 g/mol. The third-order valence-corrected chi connectivity index (χ3v) is 5.61. The van der Waals surface area contributed by atoms with Crippen molar-refractivity contribution in [1.29, 1.82) is 0 Å². The Balaban J connectivity index is 2.12. The molecule has 0 spiro atoms. The number of fused-ring (bicyclic) bond motifs is 3. The second-order valence-electron chi connectivity index (χ2n) is 6.54. The van der Waals surface area contributed by atoms with Crippen LogP contribution in [0, 0.1) is 0 Å². The zero-order chi connectivity index (χ0) is 16.6. The van der Waals surface area contributed by atoms with Gasteiger partial charge in [0, 0.05) is 23.8 Å². The van der Waals surface area contributed by atoms with E-state index >= 15 is 0 Å². The predicted octanol–water partition coefficient (Wildman–Crippen LogP) is 2.73. The lowest BCUT2D eigenvalue weighted by molar-refractivity contribution is -0.118. The summed E-state index contributed by atoms with van der Waals surface area (Å²) in [5.41, 5.74) is 6.49. The second-order valence-corrected chi connectivity index (χ2v) is 7.63. The van der Waals surface area contributed by atoms with E-state index in [0.717, 1.165) is 35.3 Å². The Morgan fingerprint density at radius 1 is 1.35 bits per heavy atom. The van der Waals surface area contributed by atoms with Crippen molar-refractivity contribution in [3.63, 3.8) is 0 Å². The summed E-state index contributed by atoms with van der Waals surface area (Å²) in [7, 11) is 0. The summed E-state index contributed by atoms with van der Waals surface area (Å²) >= 11 is 1.68. The Morgan fingerprint density at radius 3 is 2.78 bits per heavy atom. The van der Waals surface area contributed by atoms with Crippen LogP contribution in [0.4, 0.5) is 0 Å². The van der Waals surface area contributed by atoms with Gasteiger partial charge in [-0.05, 0) is 37.7 Å². The quantitative estimate of drug-likeness (QED) is 0.914. The van der Waals surface area contributed by atoms with E-state index in [1.807, 2.05) is 13.8 Å². The molecule has 6 heteroatoms. The number of thiophene rings is 1. The molecule has 5 nitrogen and oxygen atoms in total. The number of rotatable bonds is 5. The van der Waals surface area contributed by atoms with E-state index in [1.54, 1.807) is 15.9 Å². The number of primary amides is 1. The van der Waals surface area contributed by atoms with Crippen LogP contribution in [-0.4, -0.2) is 15.5 Å². The third kappa shape index (κ3) is 3.04. The fourth-order valence-electron chi connectivity index (χ4n) is 3.32. The Bertz CT molecular complexity index is 804. The molecule has 0 radical (unpaired) electrons. The predicted molar refractivity (Wildman–Crippen MR) is 93.0 cm³/mol. The summed E-state index contributed by atoms with van der Waals surface area (Å²) in [5.74, 6) is 0.650. The number of amides is 1. The fourth-order valence-corrected chi connectivity index (χ4v) is 4.58. The van der Waals surface area contributed by atoms with E-state index in [-0.39, 0.29) is 17.4 Å². The van der Waals surface area contributed by atoms with E-state index in [1.165, 1.54) is 16.9 Å². The van der Waals surface area contributed by atoms with Gasteiger partial charge in [0.15, 0.2) is 0 Å². The highest BCUT2D eigenvalue weighted by molar-refractivity contribution is 7.18. The first kappa shape index (κ1) is 16.2. The average Bonchev–Trinajstić information content (AvgIpc) is 2.87. The summed E-state index contributed by atoms with van der Waals surface area (Å²) in [6.45, 7) is 4.60. The van der Waals surface area contributed by atoms with Crippen molar-refractivity contribution < 1.29 is 4.79 Å². The molecule has 0 aromatic carbocycles. The van der Waals surface area contributed by atoms with Gasteiger partial charge in [-0.15, -0.1) is 11.3 Å². The van der Waals surface area contributed by atoms with Crippen LogP contribution in [0.25, 0.3) is 10.2 Å². The minimum Gasteiger partial charge on any atom is -0.370 e. The zero-order valence-electron chi connectivity index (χ0n) is 13.7. The van der Waals surface area contributed by atoms with Gasteiger partial charge in [-0.25, -0.2) is 4.98 Å². The van der Waals surface area contributed by atoms with E-state index in [2.05, 4.69) is 0 Å². The van der Waals surface area contributed by atoms with Gasteiger partial charge < -0.3 is 5.73 Å². The summed E-state index contributed by atoms with van der Waals surface area (Å²) in [6.07, 6.45) is 5.26. The van der Waals surface area contributed by atoms with E-state index in [0.29, 0.717) is 19.4 Å². The first-order chi connectivity index (χ1) is 11.0. The number of nitrogens with zero attached hydrogens (tertiary/aromatic N) is 2. The van der Waals surface area contributed by atoms with Crippen molar-refractivity contribution in [2.24, 2.45) is 5.73 Å². The lowest BCUT2D eigenvalue weighted by Gasteiger charge is -2.15. The van der Waals surface area contributed by atoms with Crippen molar-refractivity contribution in [2.75, 3.05) is 0 Å². The lowest BCUT2D eigenvalue weighted by Crippen LogP contribution is -2.27. The van der Waals surface area contributed by atoms with Gasteiger partial charge in [0.2, 0.25) is 5.91 Å². The number of carbonyl (C=O) groups excluding carboxylic acids is 1. The van der Waals surface area contributed by atoms with E-state index in [9.17, 15) is 9.59 Å². The summed E-state index contributed by atoms with van der Waals surface area (Å²) < 4.78 is 1.76. The number of aromatic nitrogens is 2. The molecule has 1 aliphatic rings. The SMILES string of the molecule is CC(C)c1nc2sc3c(c2c(=O)n1CCCC(N)=O)CCCC3. The molecule has 3 rings (SSSR count). The third-order valence-electron chi connectivity index (χ3n) is 4.43. The molecule has 2 aromatic rings. The Morgan fingerprint density at radius 2 is 2.09 bits per heavy atom. The largest absolute Gasteiger partial charge is 0.370 e. The van der Waals surface area contributed by atoms with Crippen LogP contribution in [0.5, 0.6) is 0 Å². The number of hydrogen-bond acceptors (Lipinski definition) is 4. The molecule has 0 atom stereocenters. The molecule has 0 unspecified atom stereocenters. The molecule has 2 aromatic heterocycles. The first-order valence-electron chi connectivity index (χ1n) is 8.32. The number of carbonyl (C=O) groups is 1. The fraction of sp³-hybridized carbons (Fsp3) is 0.588. The highest BCUT2D eigenvalue weighted by Crippen LogP contribution is 2.34. The van der Waals surface area contributed by atoms with E-state index in [4.69, 9.17) is 10.7 Å². The maximum atomic E-state index is 13.1. The molecule has 0 saturated heterocycles. The zero-order valence-corrected chi connectivity index (χ0v) is 14.5. The van der Waals surface area contributed by atoms with Crippen LogP contribution >= 0.6 is 11.3 Å². The minimum atomic E-state index is -0.328. The topological polar surface area (TPSA) is 78.0 Å². The van der Waals surface area contributed by atoms with Crippen molar-refractivity contribution >= 4 is 27.5 Å². The van der Waals surface area contributed by atoms with Gasteiger partial charge in [0.05, 0.1) is 5.39 Å².